The van der Waals surface area contributed by atoms with E-state index in [0.717, 1.165) is 44.6 Å². The lowest BCUT2D eigenvalue weighted by atomic mass is 9.87. The number of aromatic nitrogens is 1. The van der Waals surface area contributed by atoms with Gasteiger partial charge in [-0.1, -0.05) is 43.2 Å². The Morgan fingerprint density at radius 2 is 2.08 bits per heavy atom. The zero-order valence-electron chi connectivity index (χ0n) is 14.7. The van der Waals surface area contributed by atoms with Crippen molar-refractivity contribution in [3.05, 3.63) is 46.5 Å². The van der Waals surface area contributed by atoms with Gasteiger partial charge in [-0.05, 0) is 18.4 Å². The normalized spacial score (nSPS) is 18.9. The SMILES string of the molecule is N#CC1(C(=O)Nc2nc3c(s2)CN(Cc2ccccc2)CC3)CCCC1. The number of nitrogens with zero attached hydrogens (tertiary/aromatic N) is 3. The average molecular weight is 366 g/mol. The highest BCUT2D eigenvalue weighted by Crippen LogP contribution is 2.39. The van der Waals surface area contributed by atoms with Crippen molar-refractivity contribution in [1.29, 1.82) is 5.26 Å². The number of fused-ring (bicyclic) bond motifs is 1. The molecule has 2 heterocycles. The van der Waals surface area contributed by atoms with Gasteiger partial charge in [0.1, 0.15) is 5.41 Å². The van der Waals surface area contributed by atoms with Gasteiger partial charge in [0.15, 0.2) is 5.13 Å². The smallest absolute Gasteiger partial charge is 0.246 e. The summed E-state index contributed by atoms with van der Waals surface area (Å²) in [6, 6.07) is 12.7. The molecule has 1 aliphatic heterocycles. The minimum Gasteiger partial charge on any atom is -0.301 e. The van der Waals surface area contributed by atoms with Gasteiger partial charge < -0.3 is 5.32 Å². The molecule has 2 aliphatic rings. The molecule has 0 saturated heterocycles. The summed E-state index contributed by atoms with van der Waals surface area (Å²) in [7, 11) is 0. The number of thiazole rings is 1. The number of amides is 1. The summed E-state index contributed by atoms with van der Waals surface area (Å²) in [4.78, 5) is 20.9. The van der Waals surface area contributed by atoms with E-state index in [4.69, 9.17) is 0 Å². The molecule has 1 N–H and O–H groups in total. The molecule has 26 heavy (non-hydrogen) atoms. The minimum absolute atomic E-state index is 0.176. The van der Waals surface area contributed by atoms with E-state index in [-0.39, 0.29) is 5.91 Å². The minimum atomic E-state index is -0.856. The molecule has 2 aromatic rings. The molecular formula is C20H22N4OS. The summed E-state index contributed by atoms with van der Waals surface area (Å²) in [5, 5.41) is 13.0. The Morgan fingerprint density at radius 3 is 2.81 bits per heavy atom. The first-order valence-corrected chi connectivity index (χ1v) is 9.98. The van der Waals surface area contributed by atoms with Gasteiger partial charge in [0.05, 0.1) is 11.8 Å². The molecule has 1 aliphatic carbocycles. The monoisotopic (exact) mass is 366 g/mol. The van der Waals surface area contributed by atoms with Gasteiger partial charge in [-0.25, -0.2) is 4.98 Å². The second-order valence-electron chi connectivity index (χ2n) is 7.19. The summed E-state index contributed by atoms with van der Waals surface area (Å²) < 4.78 is 0. The number of carbonyl (C=O) groups excluding carboxylic acids is 1. The third-order valence-corrected chi connectivity index (χ3v) is 6.38. The molecule has 1 fully saturated rings. The predicted octanol–water partition coefficient (Wildman–Crippen LogP) is 3.72. The largest absolute Gasteiger partial charge is 0.301 e. The lowest BCUT2D eigenvalue weighted by Crippen LogP contribution is -2.32. The Bertz CT molecular complexity index is 833. The molecule has 0 bridgehead atoms. The lowest BCUT2D eigenvalue weighted by Gasteiger charge is -2.25. The zero-order valence-corrected chi connectivity index (χ0v) is 15.5. The Morgan fingerprint density at radius 1 is 1.31 bits per heavy atom. The quantitative estimate of drug-likeness (QED) is 0.895. The molecular weight excluding hydrogens is 344 g/mol. The van der Waals surface area contributed by atoms with Crippen molar-refractivity contribution in [2.24, 2.45) is 5.41 Å². The Hall–Kier alpha value is -2.23. The molecule has 1 amide bonds. The second-order valence-corrected chi connectivity index (χ2v) is 8.27. The van der Waals surface area contributed by atoms with Crippen molar-refractivity contribution >= 4 is 22.4 Å². The van der Waals surface area contributed by atoms with E-state index in [2.05, 4.69) is 45.5 Å². The standard InChI is InChI=1S/C20H22N4OS/c21-14-20(9-4-5-10-20)18(25)23-19-22-16-8-11-24(13-17(16)26-19)12-15-6-2-1-3-7-15/h1-3,6-7H,4-5,8-13H2,(H,22,23,25). The van der Waals surface area contributed by atoms with Gasteiger partial charge in [0, 0.05) is 30.9 Å². The van der Waals surface area contributed by atoms with Gasteiger partial charge in [0.25, 0.3) is 0 Å². The number of nitrogens with one attached hydrogen (secondary N) is 1. The highest BCUT2D eigenvalue weighted by molar-refractivity contribution is 7.15. The number of hydrogen-bond acceptors (Lipinski definition) is 5. The van der Waals surface area contributed by atoms with Gasteiger partial charge in [-0.3, -0.25) is 9.69 Å². The molecule has 0 radical (unpaired) electrons. The first-order chi connectivity index (χ1) is 12.7. The number of carbonyl (C=O) groups is 1. The summed E-state index contributed by atoms with van der Waals surface area (Å²) in [5.74, 6) is -0.176. The summed E-state index contributed by atoms with van der Waals surface area (Å²) in [6.45, 7) is 2.76. The molecule has 134 valence electrons. The van der Waals surface area contributed by atoms with Gasteiger partial charge in [-0.2, -0.15) is 5.26 Å². The van der Waals surface area contributed by atoms with Crippen LogP contribution in [0.25, 0.3) is 0 Å². The number of benzene rings is 1. The second kappa shape index (κ2) is 7.18. The molecule has 0 atom stereocenters. The number of anilines is 1. The molecule has 0 unspecified atom stereocenters. The molecule has 4 rings (SSSR count). The molecule has 1 saturated carbocycles. The number of rotatable bonds is 4. The summed E-state index contributed by atoms with van der Waals surface area (Å²) in [5.41, 5.74) is 1.55. The van der Waals surface area contributed by atoms with Crippen LogP contribution in [-0.2, 0) is 24.3 Å². The third kappa shape index (κ3) is 3.37. The fraction of sp³-hybridized carbons (Fsp3) is 0.450. The first-order valence-electron chi connectivity index (χ1n) is 9.16. The third-order valence-electron chi connectivity index (χ3n) is 5.39. The maximum absolute atomic E-state index is 12.6. The average Bonchev–Trinajstić information content (AvgIpc) is 3.29. The van der Waals surface area contributed by atoms with Crippen LogP contribution in [0.15, 0.2) is 30.3 Å². The summed E-state index contributed by atoms with van der Waals surface area (Å²) in [6.07, 6.45) is 4.11. The fourth-order valence-corrected chi connectivity index (χ4v) is 4.91. The highest BCUT2D eigenvalue weighted by Gasteiger charge is 2.42. The predicted molar refractivity (Wildman–Crippen MR) is 102 cm³/mol. The van der Waals surface area contributed by atoms with Crippen LogP contribution in [0.3, 0.4) is 0 Å². The molecule has 0 spiro atoms. The van der Waals surface area contributed by atoms with E-state index in [9.17, 15) is 10.1 Å². The van der Waals surface area contributed by atoms with Crippen LogP contribution in [-0.4, -0.2) is 22.3 Å². The first kappa shape index (κ1) is 17.2. The highest BCUT2D eigenvalue weighted by atomic mass is 32.1. The zero-order chi connectivity index (χ0) is 18.0. The maximum Gasteiger partial charge on any atom is 0.246 e. The maximum atomic E-state index is 12.6. The Kier molecular flexibility index (Phi) is 4.75. The van der Waals surface area contributed by atoms with Crippen molar-refractivity contribution in [3.63, 3.8) is 0 Å². The van der Waals surface area contributed by atoms with Crippen molar-refractivity contribution in [1.82, 2.24) is 9.88 Å². The van der Waals surface area contributed by atoms with E-state index >= 15 is 0 Å². The van der Waals surface area contributed by atoms with E-state index in [1.165, 1.54) is 10.4 Å². The Balaban J connectivity index is 1.43. The van der Waals surface area contributed by atoms with Gasteiger partial charge >= 0.3 is 0 Å². The number of nitriles is 1. The molecule has 5 nitrogen and oxygen atoms in total. The lowest BCUT2D eigenvalue weighted by molar-refractivity contribution is -0.122. The van der Waals surface area contributed by atoms with E-state index in [1.807, 2.05) is 6.07 Å². The molecule has 6 heteroatoms. The van der Waals surface area contributed by atoms with Gasteiger partial charge in [-0.15, -0.1) is 11.3 Å². The van der Waals surface area contributed by atoms with Crippen molar-refractivity contribution < 1.29 is 4.79 Å². The van der Waals surface area contributed by atoms with E-state index in [1.54, 1.807) is 11.3 Å². The summed E-state index contributed by atoms with van der Waals surface area (Å²) >= 11 is 1.55. The van der Waals surface area contributed by atoms with Crippen molar-refractivity contribution in [3.8, 4) is 6.07 Å². The van der Waals surface area contributed by atoms with Crippen LogP contribution in [0.4, 0.5) is 5.13 Å². The molecule has 1 aromatic carbocycles. The van der Waals surface area contributed by atoms with Crippen molar-refractivity contribution in [2.75, 3.05) is 11.9 Å². The molecule has 1 aromatic heterocycles. The van der Waals surface area contributed by atoms with Crippen LogP contribution in [0, 0.1) is 16.7 Å². The Labute approximate surface area is 157 Å². The number of hydrogen-bond donors (Lipinski definition) is 1. The van der Waals surface area contributed by atoms with E-state index in [0.29, 0.717) is 18.0 Å². The van der Waals surface area contributed by atoms with Crippen molar-refractivity contribution in [2.45, 2.75) is 45.2 Å². The van der Waals surface area contributed by atoms with Crippen LogP contribution < -0.4 is 5.32 Å². The topological polar surface area (TPSA) is 69.0 Å². The van der Waals surface area contributed by atoms with E-state index < -0.39 is 5.41 Å². The van der Waals surface area contributed by atoms with Crippen LogP contribution in [0.1, 0.15) is 41.8 Å². The van der Waals surface area contributed by atoms with Crippen LogP contribution in [0.2, 0.25) is 0 Å². The van der Waals surface area contributed by atoms with Gasteiger partial charge in [0.2, 0.25) is 5.91 Å². The fourth-order valence-electron chi connectivity index (χ4n) is 3.86. The van der Waals surface area contributed by atoms with Crippen LogP contribution >= 0.6 is 11.3 Å². The van der Waals surface area contributed by atoms with Crippen LogP contribution in [0.5, 0.6) is 0 Å².